The van der Waals surface area contributed by atoms with E-state index in [1.807, 2.05) is 32.0 Å². The molecule has 1 aliphatic carbocycles. The molecule has 0 radical (unpaired) electrons. The average Bonchev–Trinajstić information content (AvgIpc) is 2.88. The molecule has 1 aliphatic rings. The van der Waals surface area contributed by atoms with Crippen molar-refractivity contribution in [3.05, 3.63) is 29.3 Å². The van der Waals surface area contributed by atoms with E-state index in [-0.39, 0.29) is 24.2 Å². The van der Waals surface area contributed by atoms with Gasteiger partial charge in [0.05, 0.1) is 19.8 Å². The van der Waals surface area contributed by atoms with Gasteiger partial charge in [0.15, 0.2) is 0 Å². The fourth-order valence-electron chi connectivity index (χ4n) is 4.66. The van der Waals surface area contributed by atoms with Crippen molar-refractivity contribution in [2.24, 2.45) is 11.7 Å². The minimum Gasteiger partial charge on any atom is -0.493 e. The van der Waals surface area contributed by atoms with Gasteiger partial charge in [-0.05, 0) is 66.0 Å². The third-order valence-corrected chi connectivity index (χ3v) is 6.74. The third kappa shape index (κ3) is 8.84. The third-order valence-electron chi connectivity index (χ3n) is 6.74. The van der Waals surface area contributed by atoms with E-state index >= 15 is 0 Å². The Morgan fingerprint density at radius 1 is 1.15 bits per heavy atom. The van der Waals surface area contributed by atoms with Crippen LogP contribution in [0.5, 0.6) is 5.75 Å². The second-order valence-electron chi connectivity index (χ2n) is 11.6. The largest absolute Gasteiger partial charge is 0.493 e. The predicted octanol–water partition coefficient (Wildman–Crippen LogP) is 2.33. The summed E-state index contributed by atoms with van der Waals surface area (Å²) in [4.78, 5) is 52.1. The van der Waals surface area contributed by atoms with Crippen LogP contribution in [0, 0.1) is 5.92 Å². The van der Waals surface area contributed by atoms with Crippen LogP contribution in [-0.2, 0) is 36.7 Å². The molecule has 0 bridgehead atoms. The first-order valence-electron chi connectivity index (χ1n) is 13.8. The number of ether oxygens (including phenoxy) is 3. The summed E-state index contributed by atoms with van der Waals surface area (Å²) in [6.45, 7) is 13.5. The number of hydrogen-bond donors (Lipinski definition) is 3. The van der Waals surface area contributed by atoms with Crippen LogP contribution in [0.2, 0.25) is 0 Å². The van der Waals surface area contributed by atoms with Gasteiger partial charge in [-0.25, -0.2) is 9.59 Å². The molecule has 0 saturated carbocycles. The summed E-state index contributed by atoms with van der Waals surface area (Å²) in [6.07, 6.45) is 0.395. The fourth-order valence-corrected chi connectivity index (χ4v) is 4.66. The summed E-state index contributed by atoms with van der Waals surface area (Å²) >= 11 is 0. The van der Waals surface area contributed by atoms with Crippen LogP contribution in [0.4, 0.5) is 4.79 Å². The quantitative estimate of drug-likeness (QED) is 0.348. The lowest BCUT2D eigenvalue weighted by Gasteiger charge is -2.37. The molecule has 11 heteroatoms. The van der Waals surface area contributed by atoms with E-state index in [0.717, 1.165) is 11.1 Å². The van der Waals surface area contributed by atoms with E-state index in [4.69, 9.17) is 19.9 Å². The van der Waals surface area contributed by atoms with Crippen molar-refractivity contribution in [3.63, 3.8) is 0 Å². The molecule has 224 valence electrons. The van der Waals surface area contributed by atoms with E-state index in [2.05, 4.69) is 10.6 Å². The first-order valence-corrected chi connectivity index (χ1v) is 13.8. The zero-order valence-electron chi connectivity index (χ0n) is 25.1. The SMILES string of the molecule is CCN(C[C@H](C)COc1cccc2c1C[C@@](NC(=O)OC(C)(C)C)(C(=O)OC)CC2)C(=O)[C@H](C)NC(=O)[C@H](C)N. The van der Waals surface area contributed by atoms with E-state index in [1.54, 1.807) is 39.5 Å². The maximum Gasteiger partial charge on any atom is 0.408 e. The van der Waals surface area contributed by atoms with E-state index in [1.165, 1.54) is 7.11 Å². The lowest BCUT2D eigenvalue weighted by Crippen LogP contribution is -2.59. The van der Waals surface area contributed by atoms with Gasteiger partial charge in [-0.2, -0.15) is 0 Å². The molecule has 0 unspecified atom stereocenters. The van der Waals surface area contributed by atoms with Crippen molar-refractivity contribution in [3.8, 4) is 5.75 Å². The number of rotatable bonds is 11. The summed E-state index contributed by atoms with van der Waals surface area (Å²) in [7, 11) is 1.30. The lowest BCUT2D eigenvalue weighted by atomic mass is 9.77. The Bertz CT molecular complexity index is 1070. The number of aryl methyl sites for hydroxylation is 1. The molecule has 0 saturated heterocycles. The maximum absolute atomic E-state index is 13.0. The molecule has 11 nitrogen and oxygen atoms in total. The van der Waals surface area contributed by atoms with Crippen LogP contribution in [0.1, 0.15) is 66.0 Å². The molecule has 3 amide bonds. The number of nitrogens with zero attached hydrogens (tertiary/aromatic N) is 1. The number of esters is 1. The van der Waals surface area contributed by atoms with E-state index in [9.17, 15) is 19.2 Å². The molecule has 0 heterocycles. The second kappa shape index (κ2) is 13.8. The second-order valence-corrected chi connectivity index (χ2v) is 11.6. The highest BCUT2D eigenvalue weighted by atomic mass is 16.6. The number of benzene rings is 1. The molecule has 2 rings (SSSR count). The molecule has 0 aliphatic heterocycles. The number of methoxy groups -OCH3 is 1. The summed E-state index contributed by atoms with van der Waals surface area (Å²) in [5.74, 6) is -0.558. The number of carbonyl (C=O) groups is 4. The van der Waals surface area contributed by atoms with Gasteiger partial charge in [-0.15, -0.1) is 0 Å². The number of alkyl carbamates (subject to hydrolysis) is 1. The average molecular weight is 563 g/mol. The van der Waals surface area contributed by atoms with Crippen molar-refractivity contribution >= 4 is 23.9 Å². The van der Waals surface area contributed by atoms with Crippen molar-refractivity contribution in [1.82, 2.24) is 15.5 Å². The van der Waals surface area contributed by atoms with Gasteiger partial charge in [0.2, 0.25) is 11.8 Å². The van der Waals surface area contributed by atoms with Gasteiger partial charge in [-0.3, -0.25) is 9.59 Å². The maximum atomic E-state index is 13.0. The number of amides is 3. The Morgan fingerprint density at radius 3 is 2.40 bits per heavy atom. The molecule has 1 aromatic rings. The normalized spacial score (nSPS) is 18.8. The smallest absolute Gasteiger partial charge is 0.408 e. The number of nitrogens with one attached hydrogen (secondary N) is 2. The Balaban J connectivity index is 2.14. The summed E-state index contributed by atoms with van der Waals surface area (Å²) < 4.78 is 16.7. The molecular formula is C29H46N4O7. The van der Waals surface area contributed by atoms with Crippen LogP contribution >= 0.6 is 0 Å². The number of fused-ring (bicyclic) bond motifs is 1. The van der Waals surface area contributed by atoms with Crippen molar-refractivity contribution < 1.29 is 33.4 Å². The molecule has 0 spiro atoms. The molecule has 0 aromatic heterocycles. The molecule has 4 N–H and O–H groups in total. The van der Waals surface area contributed by atoms with Crippen LogP contribution in [0.15, 0.2) is 18.2 Å². The predicted molar refractivity (Wildman–Crippen MR) is 151 cm³/mol. The van der Waals surface area contributed by atoms with Crippen molar-refractivity contribution in [1.29, 1.82) is 0 Å². The molecule has 0 fully saturated rings. The van der Waals surface area contributed by atoms with E-state index in [0.29, 0.717) is 38.3 Å². The zero-order chi connectivity index (χ0) is 30.3. The van der Waals surface area contributed by atoms with Crippen LogP contribution in [0.25, 0.3) is 0 Å². The van der Waals surface area contributed by atoms with Gasteiger partial charge in [0.1, 0.15) is 22.9 Å². The molecule has 1 aromatic carbocycles. The zero-order valence-corrected chi connectivity index (χ0v) is 25.1. The number of hydrogen-bond acceptors (Lipinski definition) is 8. The monoisotopic (exact) mass is 562 g/mol. The lowest BCUT2D eigenvalue weighted by molar-refractivity contribution is -0.149. The minimum atomic E-state index is -1.29. The fraction of sp³-hybridized carbons (Fsp3) is 0.655. The Hall–Kier alpha value is -3.34. The Kier molecular flexibility index (Phi) is 11.4. The van der Waals surface area contributed by atoms with Gasteiger partial charge in [-0.1, -0.05) is 19.1 Å². The molecule has 40 heavy (non-hydrogen) atoms. The van der Waals surface area contributed by atoms with Crippen LogP contribution in [0.3, 0.4) is 0 Å². The van der Waals surface area contributed by atoms with Gasteiger partial charge < -0.3 is 35.5 Å². The molecule has 4 atom stereocenters. The highest BCUT2D eigenvalue weighted by Crippen LogP contribution is 2.36. The number of carbonyl (C=O) groups excluding carboxylic acids is 4. The standard InChI is InChI=1S/C29H46N4O7/c1-9-33(25(35)20(4)31-24(34)19(3)30)16-18(2)17-39-23-12-10-11-21-13-14-29(15-22(21)23,26(36)38-8)32-27(37)40-28(5,6)7/h10-12,18-20H,9,13-17,30H2,1-8H3,(H,31,34)(H,32,37)/t18-,19-,20-,29+/m0/s1. The van der Waals surface area contributed by atoms with Crippen molar-refractivity contribution in [2.45, 2.75) is 91.0 Å². The minimum absolute atomic E-state index is 0.0371. The number of nitrogens with two attached hydrogens (primary N) is 1. The first-order chi connectivity index (χ1) is 18.6. The number of likely N-dealkylation sites (N-methyl/N-ethyl adjacent to an activating group) is 1. The topological polar surface area (TPSA) is 149 Å². The van der Waals surface area contributed by atoms with Crippen molar-refractivity contribution in [2.75, 3.05) is 26.8 Å². The Labute approximate surface area is 237 Å². The highest BCUT2D eigenvalue weighted by molar-refractivity contribution is 5.89. The first kappa shape index (κ1) is 32.9. The summed E-state index contributed by atoms with van der Waals surface area (Å²) in [5, 5.41) is 5.42. The Morgan fingerprint density at radius 2 is 1.82 bits per heavy atom. The summed E-state index contributed by atoms with van der Waals surface area (Å²) in [5.41, 5.74) is 5.43. The van der Waals surface area contributed by atoms with Crippen LogP contribution in [-0.4, -0.2) is 78.8 Å². The highest BCUT2D eigenvalue weighted by Gasteiger charge is 2.45. The van der Waals surface area contributed by atoms with Crippen LogP contribution < -0.4 is 21.1 Å². The van der Waals surface area contributed by atoms with Gasteiger partial charge >= 0.3 is 12.1 Å². The summed E-state index contributed by atoms with van der Waals surface area (Å²) in [6, 6.07) is 4.31. The van der Waals surface area contributed by atoms with E-state index < -0.39 is 35.3 Å². The molecular weight excluding hydrogens is 516 g/mol. The van der Waals surface area contributed by atoms with Gasteiger partial charge in [0.25, 0.3) is 0 Å². The van der Waals surface area contributed by atoms with Gasteiger partial charge in [0, 0.05) is 31.0 Å².